The monoisotopic (exact) mass is 430 g/mol. The molecule has 2 aromatic carbocycles. The van der Waals surface area contributed by atoms with Crippen molar-refractivity contribution in [2.24, 2.45) is 0 Å². The van der Waals surface area contributed by atoms with Gasteiger partial charge in [-0.25, -0.2) is 13.1 Å². The molecule has 0 aromatic heterocycles. The first kappa shape index (κ1) is 18.9. The summed E-state index contributed by atoms with van der Waals surface area (Å²) in [6, 6.07) is 11.5. The van der Waals surface area contributed by atoms with E-state index in [2.05, 4.69) is 26.0 Å². The molecule has 128 valence electrons. The first-order chi connectivity index (χ1) is 11.3. The average Bonchev–Trinajstić information content (AvgIpc) is 2.52. The van der Waals surface area contributed by atoms with Gasteiger partial charge in [0.15, 0.2) is 0 Å². The van der Waals surface area contributed by atoms with E-state index in [1.165, 1.54) is 12.1 Å². The highest BCUT2D eigenvalue weighted by Gasteiger charge is 2.14. The second-order valence-corrected chi connectivity index (χ2v) is 8.18. The molecule has 0 atom stereocenters. The highest BCUT2D eigenvalue weighted by Crippen LogP contribution is 2.21. The summed E-state index contributed by atoms with van der Waals surface area (Å²) in [6.07, 6.45) is 0. The minimum Gasteiger partial charge on any atom is -0.351 e. The van der Waals surface area contributed by atoms with E-state index in [0.717, 1.165) is 10.0 Å². The van der Waals surface area contributed by atoms with Gasteiger partial charge in [-0.15, -0.1) is 0 Å². The van der Waals surface area contributed by atoms with Gasteiger partial charge in [0.2, 0.25) is 10.0 Å². The molecule has 0 spiro atoms. The normalized spacial score (nSPS) is 11.3. The van der Waals surface area contributed by atoms with Crippen molar-refractivity contribution in [1.29, 1.82) is 0 Å². The smallest absolute Gasteiger partial charge is 0.252 e. The van der Waals surface area contributed by atoms with Crippen molar-refractivity contribution in [3.63, 3.8) is 0 Å². The number of sulfonamides is 1. The summed E-state index contributed by atoms with van der Waals surface area (Å²) >= 11 is 9.27. The second-order valence-electron chi connectivity index (χ2n) is 5.09. The molecule has 0 saturated heterocycles. The Hall–Kier alpha value is -1.41. The van der Waals surface area contributed by atoms with Gasteiger partial charge in [0.05, 0.1) is 15.5 Å². The van der Waals surface area contributed by atoms with E-state index >= 15 is 0 Å². The molecule has 0 aliphatic rings. The molecule has 0 radical (unpaired) electrons. The van der Waals surface area contributed by atoms with Crippen LogP contribution in [0.3, 0.4) is 0 Å². The molecule has 0 unspecified atom stereocenters. The van der Waals surface area contributed by atoms with E-state index in [4.69, 9.17) is 11.6 Å². The molecule has 0 fully saturated rings. The van der Waals surface area contributed by atoms with E-state index in [-0.39, 0.29) is 23.9 Å². The van der Waals surface area contributed by atoms with Crippen molar-refractivity contribution >= 4 is 43.5 Å². The molecule has 2 N–H and O–H groups in total. The fourth-order valence-corrected chi connectivity index (χ4v) is 3.72. The summed E-state index contributed by atoms with van der Waals surface area (Å²) in [6.45, 7) is 2.11. The third kappa shape index (κ3) is 5.04. The summed E-state index contributed by atoms with van der Waals surface area (Å²) in [4.78, 5) is 12.2. The van der Waals surface area contributed by atoms with Crippen LogP contribution in [0.25, 0.3) is 0 Å². The number of halogens is 2. The highest BCUT2D eigenvalue weighted by atomic mass is 79.9. The SMILES string of the molecule is Cc1ccc(S(=O)(=O)NCCNC(=O)c2ccc(Br)cc2Cl)cc1. The van der Waals surface area contributed by atoms with Crippen molar-refractivity contribution < 1.29 is 13.2 Å². The molecule has 2 aromatic rings. The summed E-state index contributed by atoms with van der Waals surface area (Å²) < 4.78 is 27.4. The van der Waals surface area contributed by atoms with Gasteiger partial charge in [0.25, 0.3) is 5.91 Å². The van der Waals surface area contributed by atoms with Crippen molar-refractivity contribution in [2.45, 2.75) is 11.8 Å². The average molecular weight is 432 g/mol. The zero-order valence-corrected chi connectivity index (χ0v) is 16.0. The van der Waals surface area contributed by atoms with Gasteiger partial charge in [0, 0.05) is 17.6 Å². The van der Waals surface area contributed by atoms with Crippen LogP contribution in [0.1, 0.15) is 15.9 Å². The molecule has 1 amide bonds. The lowest BCUT2D eigenvalue weighted by Gasteiger charge is -2.09. The first-order valence-electron chi connectivity index (χ1n) is 7.09. The van der Waals surface area contributed by atoms with E-state index < -0.39 is 10.0 Å². The van der Waals surface area contributed by atoms with Gasteiger partial charge in [-0.1, -0.05) is 45.2 Å². The zero-order chi connectivity index (χ0) is 17.7. The van der Waals surface area contributed by atoms with Crippen LogP contribution in [0.2, 0.25) is 5.02 Å². The van der Waals surface area contributed by atoms with Gasteiger partial charge in [-0.05, 0) is 37.3 Å². The molecular formula is C16H16BrClN2O3S. The number of rotatable bonds is 6. The lowest BCUT2D eigenvalue weighted by atomic mass is 10.2. The predicted molar refractivity (Wildman–Crippen MR) is 97.9 cm³/mol. The summed E-state index contributed by atoms with van der Waals surface area (Å²) in [5.74, 6) is -0.359. The van der Waals surface area contributed by atoms with Crippen LogP contribution in [-0.2, 0) is 10.0 Å². The zero-order valence-electron chi connectivity index (χ0n) is 12.8. The Morgan fingerprint density at radius 2 is 1.79 bits per heavy atom. The maximum Gasteiger partial charge on any atom is 0.252 e. The fourth-order valence-electron chi connectivity index (χ4n) is 1.93. The van der Waals surface area contributed by atoms with Crippen molar-refractivity contribution in [2.75, 3.05) is 13.1 Å². The predicted octanol–water partition coefficient (Wildman–Crippen LogP) is 3.12. The van der Waals surface area contributed by atoms with Crippen molar-refractivity contribution in [3.05, 3.63) is 63.1 Å². The number of nitrogens with one attached hydrogen (secondary N) is 2. The summed E-state index contributed by atoms with van der Waals surface area (Å²) in [7, 11) is -3.59. The Balaban J connectivity index is 1.88. The number of hydrogen-bond acceptors (Lipinski definition) is 3. The van der Waals surface area contributed by atoms with Crippen LogP contribution < -0.4 is 10.0 Å². The van der Waals surface area contributed by atoms with Gasteiger partial charge in [-0.2, -0.15) is 0 Å². The molecule has 0 aliphatic carbocycles. The minimum absolute atomic E-state index is 0.0795. The number of carbonyl (C=O) groups excluding carboxylic acids is 1. The van der Waals surface area contributed by atoms with E-state index in [0.29, 0.717) is 10.6 Å². The molecule has 0 aliphatic heterocycles. The fraction of sp³-hybridized carbons (Fsp3) is 0.188. The Kier molecular flexibility index (Phi) is 6.40. The summed E-state index contributed by atoms with van der Waals surface area (Å²) in [5, 5.41) is 2.95. The lowest BCUT2D eigenvalue weighted by Crippen LogP contribution is -2.34. The third-order valence-corrected chi connectivity index (χ3v) is 5.49. The van der Waals surface area contributed by atoms with Crippen molar-refractivity contribution in [3.8, 4) is 0 Å². The highest BCUT2D eigenvalue weighted by molar-refractivity contribution is 9.10. The van der Waals surface area contributed by atoms with E-state index in [1.54, 1.807) is 30.3 Å². The van der Waals surface area contributed by atoms with Gasteiger partial charge in [-0.3, -0.25) is 4.79 Å². The van der Waals surface area contributed by atoms with Crippen molar-refractivity contribution in [1.82, 2.24) is 10.0 Å². The Morgan fingerprint density at radius 3 is 2.42 bits per heavy atom. The number of benzene rings is 2. The van der Waals surface area contributed by atoms with Gasteiger partial charge in [0.1, 0.15) is 0 Å². The largest absolute Gasteiger partial charge is 0.351 e. The van der Waals surface area contributed by atoms with Crippen LogP contribution in [0.5, 0.6) is 0 Å². The molecule has 24 heavy (non-hydrogen) atoms. The van der Waals surface area contributed by atoms with Crippen LogP contribution in [-0.4, -0.2) is 27.4 Å². The van der Waals surface area contributed by atoms with Crippen LogP contribution in [0.15, 0.2) is 51.8 Å². The lowest BCUT2D eigenvalue weighted by molar-refractivity contribution is 0.0954. The van der Waals surface area contributed by atoms with Crippen LogP contribution in [0.4, 0.5) is 0 Å². The Morgan fingerprint density at radius 1 is 1.12 bits per heavy atom. The first-order valence-corrected chi connectivity index (χ1v) is 9.74. The van der Waals surface area contributed by atoms with Crippen LogP contribution in [0, 0.1) is 6.92 Å². The molecule has 0 saturated carbocycles. The Bertz CT molecular complexity index is 839. The maximum atomic E-state index is 12.1. The molecule has 8 heteroatoms. The molecule has 0 heterocycles. The van der Waals surface area contributed by atoms with Gasteiger partial charge < -0.3 is 5.32 Å². The van der Waals surface area contributed by atoms with E-state index in [1.807, 2.05) is 6.92 Å². The topological polar surface area (TPSA) is 75.3 Å². The van der Waals surface area contributed by atoms with E-state index in [9.17, 15) is 13.2 Å². The molecule has 0 bridgehead atoms. The quantitative estimate of drug-likeness (QED) is 0.690. The number of aryl methyl sites for hydroxylation is 1. The molecule has 5 nitrogen and oxygen atoms in total. The van der Waals surface area contributed by atoms with Gasteiger partial charge >= 0.3 is 0 Å². The maximum absolute atomic E-state index is 12.1. The molecular weight excluding hydrogens is 416 g/mol. The minimum atomic E-state index is -3.59. The van der Waals surface area contributed by atoms with Crippen LogP contribution >= 0.6 is 27.5 Å². The number of carbonyl (C=O) groups is 1. The molecule has 2 rings (SSSR count). The number of hydrogen-bond donors (Lipinski definition) is 2. The number of amides is 1. The summed E-state index contributed by atoms with van der Waals surface area (Å²) in [5.41, 5.74) is 1.31. The second kappa shape index (κ2) is 8.11. The Labute approximate surface area is 154 Å². The third-order valence-electron chi connectivity index (χ3n) is 3.21. The standard InChI is InChI=1S/C16H16BrClN2O3S/c1-11-2-5-13(6-3-11)24(22,23)20-9-8-19-16(21)14-7-4-12(17)10-15(14)18/h2-7,10,20H,8-9H2,1H3,(H,19,21).